The number of piperidine rings is 1. The van der Waals surface area contributed by atoms with Gasteiger partial charge < -0.3 is 15.4 Å². The van der Waals surface area contributed by atoms with E-state index in [1.165, 1.54) is 0 Å². The normalized spacial score (nSPS) is 20.3. The van der Waals surface area contributed by atoms with Gasteiger partial charge in [0.05, 0.1) is 6.10 Å². The van der Waals surface area contributed by atoms with E-state index in [4.69, 9.17) is 15.9 Å². The highest BCUT2D eigenvalue weighted by Crippen LogP contribution is 2.19. The zero-order chi connectivity index (χ0) is 12.3. The van der Waals surface area contributed by atoms with E-state index in [1.807, 2.05) is 6.07 Å². The first-order valence-corrected chi connectivity index (χ1v) is 5.79. The molecular weight excluding hydrogens is 216 g/mol. The maximum atomic E-state index is 7.43. The third-order valence-corrected chi connectivity index (χ3v) is 3.09. The van der Waals surface area contributed by atoms with Gasteiger partial charge in [-0.15, -0.1) is 0 Å². The van der Waals surface area contributed by atoms with E-state index in [2.05, 4.69) is 9.88 Å². The second-order valence-electron chi connectivity index (χ2n) is 4.26. The molecule has 1 aromatic heterocycles. The molecular formula is C12H18N4O. The van der Waals surface area contributed by atoms with Crippen LogP contribution in [0.25, 0.3) is 0 Å². The van der Waals surface area contributed by atoms with Crippen molar-refractivity contribution in [3.8, 4) is 0 Å². The van der Waals surface area contributed by atoms with Gasteiger partial charge in [0.25, 0.3) is 0 Å². The van der Waals surface area contributed by atoms with Gasteiger partial charge in [0, 0.05) is 32.0 Å². The molecule has 0 radical (unpaired) electrons. The van der Waals surface area contributed by atoms with Crippen LogP contribution < -0.4 is 10.6 Å². The molecule has 17 heavy (non-hydrogen) atoms. The van der Waals surface area contributed by atoms with Crippen molar-refractivity contribution in [2.75, 3.05) is 25.1 Å². The fourth-order valence-electron chi connectivity index (χ4n) is 2.10. The number of pyridine rings is 1. The molecule has 5 nitrogen and oxygen atoms in total. The van der Waals surface area contributed by atoms with E-state index in [0.29, 0.717) is 0 Å². The van der Waals surface area contributed by atoms with Crippen LogP contribution in [0.3, 0.4) is 0 Å². The summed E-state index contributed by atoms with van der Waals surface area (Å²) in [6.45, 7) is 1.83. The second-order valence-corrected chi connectivity index (χ2v) is 4.26. The molecule has 3 N–H and O–H groups in total. The summed E-state index contributed by atoms with van der Waals surface area (Å²) in [6.07, 6.45) is 4.17. The number of nitrogens with one attached hydrogen (secondary N) is 1. The number of nitrogen functional groups attached to an aromatic ring is 1. The molecule has 0 amide bonds. The van der Waals surface area contributed by atoms with Crippen LogP contribution in [0.5, 0.6) is 0 Å². The Morgan fingerprint density at radius 2 is 2.47 bits per heavy atom. The Bertz CT molecular complexity index is 407. The van der Waals surface area contributed by atoms with E-state index < -0.39 is 0 Å². The van der Waals surface area contributed by atoms with Crippen molar-refractivity contribution in [1.82, 2.24) is 4.98 Å². The molecule has 1 saturated heterocycles. The van der Waals surface area contributed by atoms with Gasteiger partial charge in [0.1, 0.15) is 11.7 Å². The molecule has 1 unspecified atom stereocenters. The van der Waals surface area contributed by atoms with Crippen LogP contribution in [0, 0.1) is 5.41 Å². The van der Waals surface area contributed by atoms with Crippen LogP contribution in [0.2, 0.25) is 0 Å². The van der Waals surface area contributed by atoms with E-state index >= 15 is 0 Å². The molecule has 1 aliphatic heterocycles. The molecule has 1 aliphatic rings. The van der Waals surface area contributed by atoms with Crippen LogP contribution in [-0.2, 0) is 4.74 Å². The summed E-state index contributed by atoms with van der Waals surface area (Å²) in [5.74, 6) is 0.952. The number of methoxy groups -OCH3 is 1. The minimum absolute atomic E-state index is 0.0777. The number of nitrogens with zero attached hydrogens (tertiary/aromatic N) is 2. The third kappa shape index (κ3) is 2.74. The highest BCUT2D eigenvalue weighted by molar-refractivity contribution is 5.95. The Morgan fingerprint density at radius 1 is 1.65 bits per heavy atom. The molecule has 1 aromatic rings. The van der Waals surface area contributed by atoms with E-state index in [1.54, 1.807) is 19.4 Å². The SMILES string of the molecule is COC1CCCN(c2cc(C(=N)N)ccn2)C1. The fourth-order valence-corrected chi connectivity index (χ4v) is 2.10. The highest BCUT2D eigenvalue weighted by atomic mass is 16.5. The van der Waals surface area contributed by atoms with Gasteiger partial charge in [-0.05, 0) is 25.0 Å². The molecule has 92 valence electrons. The summed E-state index contributed by atoms with van der Waals surface area (Å²) in [5, 5.41) is 7.43. The molecule has 0 saturated carbocycles. The molecule has 0 bridgehead atoms. The molecule has 1 atom stereocenters. The molecule has 2 rings (SSSR count). The summed E-state index contributed by atoms with van der Waals surface area (Å²) < 4.78 is 5.38. The molecule has 0 aliphatic carbocycles. The quantitative estimate of drug-likeness (QED) is 0.604. The van der Waals surface area contributed by atoms with Crippen LogP contribution in [0.4, 0.5) is 5.82 Å². The smallest absolute Gasteiger partial charge is 0.129 e. The topological polar surface area (TPSA) is 75.2 Å². The predicted molar refractivity (Wildman–Crippen MR) is 67.5 cm³/mol. The molecule has 2 heterocycles. The van der Waals surface area contributed by atoms with Crippen LogP contribution in [0.1, 0.15) is 18.4 Å². The zero-order valence-electron chi connectivity index (χ0n) is 10.0. The molecule has 5 heteroatoms. The number of hydrogen-bond donors (Lipinski definition) is 2. The van der Waals surface area contributed by atoms with Gasteiger partial charge in [-0.1, -0.05) is 0 Å². The average Bonchev–Trinajstić information content (AvgIpc) is 2.39. The van der Waals surface area contributed by atoms with Crippen LogP contribution >= 0.6 is 0 Å². The largest absolute Gasteiger partial charge is 0.384 e. The number of nitrogens with two attached hydrogens (primary N) is 1. The van der Waals surface area contributed by atoms with Gasteiger partial charge in [0.15, 0.2) is 0 Å². The van der Waals surface area contributed by atoms with Crippen molar-refractivity contribution < 1.29 is 4.74 Å². The van der Waals surface area contributed by atoms with Gasteiger partial charge in [0.2, 0.25) is 0 Å². The molecule has 0 aromatic carbocycles. The van der Waals surface area contributed by atoms with Crippen molar-refractivity contribution in [3.63, 3.8) is 0 Å². The fraction of sp³-hybridized carbons (Fsp3) is 0.500. The van der Waals surface area contributed by atoms with Crippen molar-refractivity contribution in [2.24, 2.45) is 5.73 Å². The van der Waals surface area contributed by atoms with Crippen molar-refractivity contribution in [1.29, 1.82) is 5.41 Å². The Morgan fingerprint density at radius 3 is 3.18 bits per heavy atom. The van der Waals surface area contributed by atoms with Crippen molar-refractivity contribution >= 4 is 11.7 Å². The lowest BCUT2D eigenvalue weighted by atomic mass is 10.1. The highest BCUT2D eigenvalue weighted by Gasteiger charge is 2.20. The van der Waals surface area contributed by atoms with E-state index in [0.717, 1.165) is 37.3 Å². The minimum atomic E-state index is 0.0777. The Hall–Kier alpha value is -1.62. The maximum Gasteiger partial charge on any atom is 0.129 e. The van der Waals surface area contributed by atoms with Crippen LogP contribution in [-0.4, -0.2) is 37.1 Å². The number of anilines is 1. The second kappa shape index (κ2) is 5.14. The third-order valence-electron chi connectivity index (χ3n) is 3.09. The summed E-state index contributed by atoms with van der Waals surface area (Å²) in [4.78, 5) is 6.52. The number of amidine groups is 1. The van der Waals surface area contributed by atoms with Gasteiger partial charge >= 0.3 is 0 Å². The van der Waals surface area contributed by atoms with Crippen LogP contribution in [0.15, 0.2) is 18.3 Å². The van der Waals surface area contributed by atoms with Gasteiger partial charge in [-0.25, -0.2) is 4.98 Å². The van der Waals surface area contributed by atoms with Gasteiger partial charge in [-0.3, -0.25) is 5.41 Å². The van der Waals surface area contributed by atoms with Gasteiger partial charge in [-0.2, -0.15) is 0 Å². The number of aromatic nitrogens is 1. The average molecular weight is 234 g/mol. The molecule has 1 fully saturated rings. The van der Waals surface area contributed by atoms with E-state index in [-0.39, 0.29) is 11.9 Å². The lowest BCUT2D eigenvalue weighted by Crippen LogP contribution is -2.39. The summed E-state index contributed by atoms with van der Waals surface area (Å²) in [7, 11) is 1.74. The first-order chi connectivity index (χ1) is 8.20. The van der Waals surface area contributed by atoms with Crippen molar-refractivity contribution in [3.05, 3.63) is 23.9 Å². The number of hydrogen-bond acceptors (Lipinski definition) is 4. The first-order valence-electron chi connectivity index (χ1n) is 5.79. The minimum Gasteiger partial charge on any atom is -0.384 e. The maximum absolute atomic E-state index is 7.43. The number of rotatable bonds is 3. The monoisotopic (exact) mass is 234 g/mol. The Kier molecular flexibility index (Phi) is 3.58. The Labute approximate surface area is 101 Å². The van der Waals surface area contributed by atoms with Crippen molar-refractivity contribution in [2.45, 2.75) is 18.9 Å². The predicted octanol–water partition coefficient (Wildman–Crippen LogP) is 0.981. The molecule has 0 spiro atoms. The lowest BCUT2D eigenvalue weighted by molar-refractivity contribution is 0.0891. The number of ether oxygens (including phenoxy) is 1. The zero-order valence-corrected chi connectivity index (χ0v) is 10.0. The summed E-state index contributed by atoms with van der Waals surface area (Å²) in [6, 6.07) is 3.62. The summed E-state index contributed by atoms with van der Waals surface area (Å²) >= 11 is 0. The van der Waals surface area contributed by atoms with E-state index in [9.17, 15) is 0 Å². The summed E-state index contributed by atoms with van der Waals surface area (Å²) in [5.41, 5.74) is 6.20. The first kappa shape index (κ1) is 11.9. The lowest BCUT2D eigenvalue weighted by Gasteiger charge is -2.32. The Balaban J connectivity index is 2.16. The standard InChI is InChI=1S/C12H18N4O/c1-17-10-3-2-6-16(8-10)11-7-9(12(13)14)4-5-15-11/h4-5,7,10H,2-3,6,8H2,1H3,(H3,13,14).